The van der Waals surface area contributed by atoms with Crippen LogP contribution in [0.2, 0.25) is 0 Å². The fourth-order valence-corrected chi connectivity index (χ4v) is 3.08. The summed E-state index contributed by atoms with van der Waals surface area (Å²) in [5.74, 6) is -0.555. The van der Waals surface area contributed by atoms with E-state index in [4.69, 9.17) is 0 Å². The molecule has 0 spiro atoms. The van der Waals surface area contributed by atoms with Gasteiger partial charge in [-0.2, -0.15) is 0 Å². The van der Waals surface area contributed by atoms with E-state index < -0.39 is 0 Å². The molecule has 0 fully saturated rings. The van der Waals surface area contributed by atoms with Crippen LogP contribution in [0.1, 0.15) is 22.8 Å². The molecule has 0 unspecified atom stereocenters. The molecule has 0 atom stereocenters. The molecule has 2 aromatic heterocycles. The van der Waals surface area contributed by atoms with Gasteiger partial charge in [0.2, 0.25) is 0 Å². The van der Waals surface area contributed by atoms with E-state index in [0.29, 0.717) is 21.2 Å². The highest BCUT2D eigenvalue weighted by atomic mass is 32.2. The Balaban J connectivity index is 2.09. The minimum atomic E-state index is -0.379. The van der Waals surface area contributed by atoms with E-state index in [1.54, 1.807) is 13.0 Å². The van der Waals surface area contributed by atoms with Gasteiger partial charge in [0.25, 0.3) is 0 Å². The molecule has 0 N–H and O–H groups in total. The summed E-state index contributed by atoms with van der Waals surface area (Å²) in [5.41, 5.74) is 1.58. The molecule has 21 heavy (non-hydrogen) atoms. The van der Waals surface area contributed by atoms with Gasteiger partial charge < -0.3 is 0 Å². The van der Waals surface area contributed by atoms with Crippen LogP contribution < -0.4 is 0 Å². The Kier molecular flexibility index (Phi) is 3.47. The molecule has 0 aliphatic heterocycles. The number of benzene rings is 1. The molecule has 0 amide bonds. The van der Waals surface area contributed by atoms with Gasteiger partial charge >= 0.3 is 0 Å². The number of halogens is 1. The topological polar surface area (TPSA) is 47.3 Å². The Morgan fingerprint density at radius 1 is 1.29 bits per heavy atom. The molecule has 0 radical (unpaired) electrons. The second kappa shape index (κ2) is 5.29. The largest absolute Gasteiger partial charge is 0.294 e. The molecule has 6 heteroatoms. The highest BCUT2D eigenvalue weighted by Crippen LogP contribution is 2.31. The van der Waals surface area contributed by atoms with E-state index >= 15 is 0 Å². The van der Waals surface area contributed by atoms with Gasteiger partial charge in [0, 0.05) is 16.7 Å². The lowest BCUT2D eigenvalue weighted by Crippen LogP contribution is -1.99. The summed E-state index contributed by atoms with van der Waals surface area (Å²) >= 11 is 1.30. The van der Waals surface area contributed by atoms with Crippen molar-refractivity contribution in [2.45, 2.75) is 23.9 Å². The van der Waals surface area contributed by atoms with Crippen LogP contribution in [0.25, 0.3) is 5.65 Å². The zero-order chi connectivity index (χ0) is 15.0. The predicted octanol–water partition coefficient (Wildman–Crippen LogP) is 3.53. The van der Waals surface area contributed by atoms with Crippen LogP contribution >= 0.6 is 11.8 Å². The Labute approximate surface area is 125 Å². The van der Waals surface area contributed by atoms with Crippen molar-refractivity contribution >= 4 is 23.2 Å². The summed E-state index contributed by atoms with van der Waals surface area (Å²) in [4.78, 5) is 12.4. The fourth-order valence-electron chi connectivity index (χ4n) is 2.00. The van der Waals surface area contributed by atoms with Crippen molar-refractivity contribution in [1.29, 1.82) is 0 Å². The zero-order valence-corrected chi connectivity index (χ0v) is 12.3. The number of aryl methyl sites for hydroxylation is 1. The summed E-state index contributed by atoms with van der Waals surface area (Å²) in [6.07, 6.45) is 1.85. The molecular formula is C15H12FN3OS. The molecule has 3 rings (SSSR count). The molecule has 1 aromatic carbocycles. The maximum absolute atomic E-state index is 13.7. The standard InChI is InChI=1S/C15H12FN3OS/c1-9-7-13(11(10(2)20)8-12(9)16)21-15-18-17-14-5-3-4-6-19(14)15/h3-8H,1-2H3. The average molecular weight is 301 g/mol. The van der Waals surface area contributed by atoms with Crippen molar-refractivity contribution in [1.82, 2.24) is 14.6 Å². The van der Waals surface area contributed by atoms with Crippen LogP contribution in [-0.2, 0) is 0 Å². The summed E-state index contributed by atoms with van der Waals surface area (Å²) in [5, 5.41) is 8.81. The quantitative estimate of drug-likeness (QED) is 0.694. The minimum absolute atomic E-state index is 0.176. The van der Waals surface area contributed by atoms with Crippen LogP contribution in [0.3, 0.4) is 0 Å². The van der Waals surface area contributed by atoms with E-state index in [2.05, 4.69) is 10.2 Å². The smallest absolute Gasteiger partial charge is 0.200 e. The van der Waals surface area contributed by atoms with Crippen LogP contribution in [0.4, 0.5) is 4.39 Å². The number of aromatic nitrogens is 3. The molecule has 106 valence electrons. The van der Waals surface area contributed by atoms with Crippen molar-refractivity contribution in [3.05, 3.63) is 53.5 Å². The van der Waals surface area contributed by atoms with Gasteiger partial charge in [0.1, 0.15) is 5.82 Å². The Hall–Kier alpha value is -2.21. The lowest BCUT2D eigenvalue weighted by molar-refractivity contribution is 0.101. The van der Waals surface area contributed by atoms with E-state index in [-0.39, 0.29) is 11.6 Å². The highest BCUT2D eigenvalue weighted by molar-refractivity contribution is 7.99. The molecule has 4 nitrogen and oxygen atoms in total. The number of pyridine rings is 1. The SMILES string of the molecule is CC(=O)c1cc(F)c(C)cc1Sc1nnc2ccccn12. The van der Waals surface area contributed by atoms with Gasteiger partial charge in [-0.05, 0) is 55.4 Å². The first-order chi connectivity index (χ1) is 10.1. The van der Waals surface area contributed by atoms with Crippen LogP contribution in [0, 0.1) is 12.7 Å². The number of carbonyl (C=O) groups excluding carboxylic acids is 1. The molecule has 2 heterocycles. The summed E-state index contributed by atoms with van der Waals surface area (Å²) in [7, 11) is 0. The summed E-state index contributed by atoms with van der Waals surface area (Å²) < 4.78 is 15.5. The second-order valence-electron chi connectivity index (χ2n) is 4.67. The molecule has 0 bridgehead atoms. The van der Waals surface area contributed by atoms with Gasteiger partial charge in [0.05, 0.1) is 0 Å². The first-order valence-corrected chi connectivity index (χ1v) is 7.16. The number of nitrogens with zero attached hydrogens (tertiary/aromatic N) is 3. The number of hydrogen-bond acceptors (Lipinski definition) is 4. The first kappa shape index (κ1) is 13.8. The molecule has 0 aliphatic rings. The summed E-state index contributed by atoms with van der Waals surface area (Å²) in [6, 6.07) is 8.55. The van der Waals surface area contributed by atoms with Gasteiger partial charge in [-0.1, -0.05) is 6.07 Å². The van der Waals surface area contributed by atoms with Gasteiger partial charge in [-0.15, -0.1) is 10.2 Å². The maximum atomic E-state index is 13.7. The molecule has 3 aromatic rings. The molecule has 0 saturated carbocycles. The van der Waals surface area contributed by atoms with Crippen LogP contribution in [-0.4, -0.2) is 20.4 Å². The van der Waals surface area contributed by atoms with Crippen molar-refractivity contribution in [3.63, 3.8) is 0 Å². The Morgan fingerprint density at radius 3 is 2.86 bits per heavy atom. The van der Waals surface area contributed by atoms with Crippen molar-refractivity contribution in [3.8, 4) is 0 Å². The number of rotatable bonds is 3. The lowest BCUT2D eigenvalue weighted by atomic mass is 10.1. The highest BCUT2D eigenvalue weighted by Gasteiger charge is 2.15. The maximum Gasteiger partial charge on any atom is 0.200 e. The van der Waals surface area contributed by atoms with Gasteiger partial charge in [-0.3, -0.25) is 9.20 Å². The lowest BCUT2D eigenvalue weighted by Gasteiger charge is -2.08. The normalized spacial score (nSPS) is 11.0. The number of carbonyl (C=O) groups is 1. The van der Waals surface area contributed by atoms with Crippen LogP contribution in [0.15, 0.2) is 46.6 Å². The third-order valence-corrected chi connectivity index (χ3v) is 4.14. The average Bonchev–Trinajstić information content (AvgIpc) is 2.86. The number of fused-ring (bicyclic) bond motifs is 1. The number of ketones is 1. The third-order valence-electron chi connectivity index (χ3n) is 3.12. The third kappa shape index (κ3) is 2.54. The monoisotopic (exact) mass is 301 g/mol. The Morgan fingerprint density at radius 2 is 2.10 bits per heavy atom. The minimum Gasteiger partial charge on any atom is -0.294 e. The molecule has 0 saturated heterocycles. The first-order valence-electron chi connectivity index (χ1n) is 6.35. The van der Waals surface area contributed by atoms with E-state index in [9.17, 15) is 9.18 Å². The predicted molar refractivity (Wildman–Crippen MR) is 78.3 cm³/mol. The van der Waals surface area contributed by atoms with Crippen molar-refractivity contribution in [2.24, 2.45) is 0 Å². The van der Waals surface area contributed by atoms with Crippen molar-refractivity contribution in [2.75, 3.05) is 0 Å². The Bertz CT molecular complexity index is 844. The fraction of sp³-hybridized carbons (Fsp3) is 0.133. The zero-order valence-electron chi connectivity index (χ0n) is 11.5. The number of Topliss-reactive ketones (excluding diaryl/α,β-unsaturated/α-hetero) is 1. The van der Waals surface area contributed by atoms with E-state index in [0.717, 1.165) is 5.65 Å². The summed E-state index contributed by atoms with van der Waals surface area (Å²) in [6.45, 7) is 3.10. The van der Waals surface area contributed by atoms with Crippen molar-refractivity contribution < 1.29 is 9.18 Å². The van der Waals surface area contributed by atoms with Gasteiger partial charge in [0.15, 0.2) is 16.6 Å². The second-order valence-corrected chi connectivity index (χ2v) is 5.68. The van der Waals surface area contributed by atoms with E-state index in [1.807, 2.05) is 28.8 Å². The molecule has 0 aliphatic carbocycles. The molecular weight excluding hydrogens is 289 g/mol. The van der Waals surface area contributed by atoms with E-state index in [1.165, 1.54) is 24.8 Å². The number of hydrogen-bond donors (Lipinski definition) is 0. The van der Waals surface area contributed by atoms with Gasteiger partial charge in [-0.25, -0.2) is 4.39 Å². The van der Waals surface area contributed by atoms with Crippen LogP contribution in [0.5, 0.6) is 0 Å².